The number of tetrazole rings is 1. The van der Waals surface area contributed by atoms with Crippen LogP contribution in [-0.4, -0.2) is 25.5 Å². The number of aryl methyl sites for hydroxylation is 2. The van der Waals surface area contributed by atoms with Gasteiger partial charge in [-0.25, -0.2) is 0 Å². The van der Waals surface area contributed by atoms with Crippen molar-refractivity contribution in [3.8, 4) is 11.8 Å². The zero-order valence-corrected chi connectivity index (χ0v) is 11.3. The molecule has 0 bridgehead atoms. The van der Waals surface area contributed by atoms with Gasteiger partial charge in [0.15, 0.2) is 0 Å². The second kappa shape index (κ2) is 5.19. The molecule has 1 aromatic carbocycles. The SMILES string of the molecule is Cc1ccc(-n2nnnc2S[C@H](C)C#N)c(C)c1. The van der Waals surface area contributed by atoms with E-state index >= 15 is 0 Å². The van der Waals surface area contributed by atoms with Gasteiger partial charge in [0.05, 0.1) is 17.0 Å². The highest BCUT2D eigenvalue weighted by Crippen LogP contribution is 2.24. The lowest BCUT2D eigenvalue weighted by Gasteiger charge is -2.08. The Bertz CT molecular complexity index is 599. The van der Waals surface area contributed by atoms with Gasteiger partial charge < -0.3 is 0 Å². The van der Waals surface area contributed by atoms with Crippen molar-refractivity contribution < 1.29 is 0 Å². The average molecular weight is 259 g/mol. The number of hydrogen-bond acceptors (Lipinski definition) is 5. The van der Waals surface area contributed by atoms with E-state index in [-0.39, 0.29) is 5.25 Å². The Morgan fingerprint density at radius 1 is 1.39 bits per heavy atom. The maximum absolute atomic E-state index is 8.84. The Morgan fingerprint density at radius 2 is 2.17 bits per heavy atom. The molecule has 18 heavy (non-hydrogen) atoms. The molecule has 0 spiro atoms. The van der Waals surface area contributed by atoms with Crippen LogP contribution in [0.3, 0.4) is 0 Å². The van der Waals surface area contributed by atoms with Crippen LogP contribution >= 0.6 is 11.8 Å². The lowest BCUT2D eigenvalue weighted by molar-refractivity contribution is 0.751. The summed E-state index contributed by atoms with van der Waals surface area (Å²) in [5.41, 5.74) is 3.25. The predicted molar refractivity (Wildman–Crippen MR) is 69.6 cm³/mol. The number of thioether (sulfide) groups is 1. The largest absolute Gasteiger partial charge is 0.215 e. The molecule has 1 heterocycles. The first-order chi connectivity index (χ1) is 8.61. The number of hydrogen-bond donors (Lipinski definition) is 0. The molecule has 0 radical (unpaired) electrons. The van der Waals surface area contributed by atoms with Gasteiger partial charge in [-0.1, -0.05) is 29.5 Å². The minimum absolute atomic E-state index is 0.180. The molecule has 0 N–H and O–H groups in total. The molecule has 0 saturated heterocycles. The van der Waals surface area contributed by atoms with Gasteiger partial charge >= 0.3 is 0 Å². The summed E-state index contributed by atoms with van der Waals surface area (Å²) in [4.78, 5) is 0. The smallest absolute Gasteiger partial charge is 0.197 e. The molecule has 6 heteroatoms. The van der Waals surface area contributed by atoms with Crippen LogP contribution in [0.1, 0.15) is 18.1 Å². The Morgan fingerprint density at radius 3 is 2.83 bits per heavy atom. The second-order valence-corrected chi connectivity index (χ2v) is 5.36. The molecule has 0 unspecified atom stereocenters. The summed E-state index contributed by atoms with van der Waals surface area (Å²) in [6.45, 7) is 5.89. The molecule has 0 amide bonds. The van der Waals surface area contributed by atoms with Gasteiger partial charge in [-0.3, -0.25) is 0 Å². The summed E-state index contributed by atoms with van der Waals surface area (Å²) >= 11 is 1.35. The number of aromatic nitrogens is 4. The van der Waals surface area contributed by atoms with Crippen LogP contribution in [0.25, 0.3) is 5.69 Å². The van der Waals surface area contributed by atoms with Gasteiger partial charge in [0.2, 0.25) is 5.16 Å². The first-order valence-electron chi connectivity index (χ1n) is 5.54. The van der Waals surface area contributed by atoms with Gasteiger partial charge in [0.1, 0.15) is 0 Å². The molecule has 0 aliphatic carbocycles. The Labute approximate surface area is 110 Å². The van der Waals surface area contributed by atoms with E-state index in [2.05, 4.69) is 27.7 Å². The summed E-state index contributed by atoms with van der Waals surface area (Å²) in [6.07, 6.45) is 0. The zero-order valence-electron chi connectivity index (χ0n) is 10.5. The van der Waals surface area contributed by atoms with Crippen molar-refractivity contribution >= 4 is 11.8 Å². The molecular formula is C12H13N5S. The summed E-state index contributed by atoms with van der Waals surface area (Å²) in [6, 6.07) is 8.25. The molecule has 1 aromatic heterocycles. The van der Waals surface area contributed by atoms with E-state index in [4.69, 9.17) is 5.26 Å². The average Bonchev–Trinajstić information content (AvgIpc) is 2.77. The van der Waals surface area contributed by atoms with Crippen molar-refractivity contribution in [3.63, 3.8) is 0 Å². The predicted octanol–water partition coefficient (Wildman–Crippen LogP) is 2.28. The fourth-order valence-electron chi connectivity index (χ4n) is 1.63. The highest BCUT2D eigenvalue weighted by molar-refractivity contribution is 8.00. The van der Waals surface area contributed by atoms with Gasteiger partial charge in [-0.2, -0.15) is 9.94 Å². The quantitative estimate of drug-likeness (QED) is 0.791. The maximum Gasteiger partial charge on any atom is 0.215 e. The topological polar surface area (TPSA) is 67.4 Å². The molecule has 0 fully saturated rings. The fraction of sp³-hybridized carbons (Fsp3) is 0.333. The molecule has 0 saturated carbocycles. The first-order valence-corrected chi connectivity index (χ1v) is 6.42. The molecule has 1 atom stereocenters. The minimum Gasteiger partial charge on any atom is -0.197 e. The lowest BCUT2D eigenvalue weighted by atomic mass is 10.1. The number of rotatable bonds is 3. The fourth-order valence-corrected chi connectivity index (χ4v) is 2.32. The third-order valence-electron chi connectivity index (χ3n) is 2.49. The van der Waals surface area contributed by atoms with Crippen LogP contribution in [0, 0.1) is 25.2 Å². The standard InChI is InChI=1S/C12H13N5S/c1-8-4-5-11(9(2)6-8)17-12(14-15-16-17)18-10(3)7-13/h4-6,10H,1-3H3/t10-/m1/s1. The summed E-state index contributed by atoms with van der Waals surface area (Å²) in [5, 5.41) is 20.9. The van der Waals surface area contributed by atoms with Crippen LogP contribution in [0.5, 0.6) is 0 Å². The summed E-state index contributed by atoms with van der Waals surface area (Å²) in [7, 11) is 0. The van der Waals surface area contributed by atoms with E-state index in [1.807, 2.05) is 32.9 Å². The minimum atomic E-state index is -0.180. The van der Waals surface area contributed by atoms with E-state index in [9.17, 15) is 0 Å². The van der Waals surface area contributed by atoms with Crippen molar-refractivity contribution in [2.45, 2.75) is 31.2 Å². The number of benzene rings is 1. The zero-order chi connectivity index (χ0) is 13.1. The monoisotopic (exact) mass is 259 g/mol. The van der Waals surface area contributed by atoms with Crippen molar-refractivity contribution in [1.82, 2.24) is 20.2 Å². The van der Waals surface area contributed by atoms with E-state index < -0.39 is 0 Å². The third kappa shape index (κ3) is 2.51. The molecule has 5 nitrogen and oxygen atoms in total. The van der Waals surface area contributed by atoms with Crippen LogP contribution in [0.2, 0.25) is 0 Å². The van der Waals surface area contributed by atoms with Gasteiger partial charge in [-0.15, -0.1) is 5.10 Å². The second-order valence-electron chi connectivity index (χ2n) is 4.05. The number of nitriles is 1. The summed E-state index contributed by atoms with van der Waals surface area (Å²) in [5.74, 6) is 0. The van der Waals surface area contributed by atoms with E-state index in [0.717, 1.165) is 11.3 Å². The normalized spacial score (nSPS) is 12.1. The Hall–Kier alpha value is -1.87. The van der Waals surface area contributed by atoms with Crippen LogP contribution in [-0.2, 0) is 0 Å². The van der Waals surface area contributed by atoms with Crippen molar-refractivity contribution in [1.29, 1.82) is 5.26 Å². The van der Waals surface area contributed by atoms with Crippen molar-refractivity contribution in [2.24, 2.45) is 0 Å². The molecule has 92 valence electrons. The Kier molecular flexibility index (Phi) is 3.63. The first kappa shape index (κ1) is 12.6. The van der Waals surface area contributed by atoms with Crippen LogP contribution < -0.4 is 0 Å². The highest BCUT2D eigenvalue weighted by atomic mass is 32.2. The molecule has 0 aliphatic rings. The highest BCUT2D eigenvalue weighted by Gasteiger charge is 2.14. The lowest BCUT2D eigenvalue weighted by Crippen LogP contribution is -2.03. The van der Waals surface area contributed by atoms with Crippen LogP contribution in [0.4, 0.5) is 0 Å². The summed E-state index contributed by atoms with van der Waals surface area (Å²) < 4.78 is 1.67. The van der Waals surface area contributed by atoms with E-state index in [1.165, 1.54) is 17.3 Å². The molecule has 0 aliphatic heterocycles. The molecular weight excluding hydrogens is 246 g/mol. The third-order valence-corrected chi connectivity index (χ3v) is 3.41. The van der Waals surface area contributed by atoms with Crippen molar-refractivity contribution in [3.05, 3.63) is 29.3 Å². The number of nitrogens with zero attached hydrogens (tertiary/aromatic N) is 5. The Balaban J connectivity index is 2.40. The van der Waals surface area contributed by atoms with E-state index in [1.54, 1.807) is 4.68 Å². The molecule has 2 rings (SSSR count). The van der Waals surface area contributed by atoms with Crippen molar-refractivity contribution in [2.75, 3.05) is 0 Å². The maximum atomic E-state index is 8.84. The molecule has 2 aromatic rings. The van der Waals surface area contributed by atoms with Gasteiger partial charge in [0.25, 0.3) is 0 Å². The van der Waals surface area contributed by atoms with Gasteiger partial charge in [-0.05, 0) is 42.8 Å². The van der Waals surface area contributed by atoms with Gasteiger partial charge in [0, 0.05) is 0 Å². The van der Waals surface area contributed by atoms with Crippen LogP contribution in [0.15, 0.2) is 23.4 Å². The van der Waals surface area contributed by atoms with E-state index in [0.29, 0.717) is 5.16 Å².